The standard InChI is InChI=1S/C11H10N2O3/c12-6-10-13-8-3-1-7(2-4-11(14)15)5-9(8)16-10/h1-5H,6,12H2,(H,14,15)/b4-2+. The number of benzene rings is 1. The number of carboxylic acids is 1. The lowest BCUT2D eigenvalue weighted by Gasteiger charge is -1.91. The SMILES string of the molecule is NCc1nc2ccc(/C=C/C(=O)O)cc2o1. The molecule has 0 bridgehead atoms. The van der Waals surface area contributed by atoms with Gasteiger partial charge in [0.05, 0.1) is 6.54 Å². The molecule has 16 heavy (non-hydrogen) atoms. The van der Waals surface area contributed by atoms with Crippen molar-refractivity contribution in [2.45, 2.75) is 6.54 Å². The predicted octanol–water partition coefficient (Wildman–Crippen LogP) is 1.38. The molecule has 0 aliphatic heterocycles. The topological polar surface area (TPSA) is 89.3 Å². The number of rotatable bonds is 3. The van der Waals surface area contributed by atoms with Crippen LogP contribution in [0.3, 0.4) is 0 Å². The van der Waals surface area contributed by atoms with E-state index < -0.39 is 5.97 Å². The van der Waals surface area contributed by atoms with Crippen molar-refractivity contribution < 1.29 is 14.3 Å². The number of nitrogens with zero attached hydrogens (tertiary/aromatic N) is 1. The number of aromatic nitrogens is 1. The van der Waals surface area contributed by atoms with Gasteiger partial charge in [0.15, 0.2) is 5.58 Å². The van der Waals surface area contributed by atoms with Crippen molar-refractivity contribution in [1.29, 1.82) is 0 Å². The molecule has 1 aromatic heterocycles. The maximum absolute atomic E-state index is 10.3. The van der Waals surface area contributed by atoms with Gasteiger partial charge in [-0.1, -0.05) is 6.07 Å². The summed E-state index contributed by atoms with van der Waals surface area (Å²) in [4.78, 5) is 14.5. The molecule has 0 amide bonds. The van der Waals surface area contributed by atoms with Gasteiger partial charge in [-0.15, -0.1) is 0 Å². The Bertz CT molecular complexity index is 557. The van der Waals surface area contributed by atoms with Crippen LogP contribution in [0.5, 0.6) is 0 Å². The van der Waals surface area contributed by atoms with Crippen LogP contribution in [0, 0.1) is 0 Å². The molecular weight excluding hydrogens is 208 g/mol. The van der Waals surface area contributed by atoms with Crippen molar-refractivity contribution in [2.24, 2.45) is 5.73 Å². The second-order valence-electron chi connectivity index (χ2n) is 3.21. The van der Waals surface area contributed by atoms with Crippen molar-refractivity contribution in [3.05, 3.63) is 35.7 Å². The Balaban J connectivity index is 2.39. The number of aliphatic carboxylic acids is 1. The fourth-order valence-electron chi connectivity index (χ4n) is 1.35. The van der Waals surface area contributed by atoms with E-state index in [1.807, 2.05) is 0 Å². The second-order valence-corrected chi connectivity index (χ2v) is 3.21. The molecule has 1 aromatic carbocycles. The molecule has 1 heterocycles. The van der Waals surface area contributed by atoms with Crippen molar-refractivity contribution in [1.82, 2.24) is 4.98 Å². The third-order valence-electron chi connectivity index (χ3n) is 2.05. The number of hydrogen-bond donors (Lipinski definition) is 2. The van der Waals surface area contributed by atoms with E-state index in [9.17, 15) is 4.79 Å². The molecule has 2 aromatic rings. The lowest BCUT2D eigenvalue weighted by atomic mass is 10.2. The number of oxazole rings is 1. The molecule has 82 valence electrons. The van der Waals surface area contributed by atoms with Crippen molar-refractivity contribution in [3.8, 4) is 0 Å². The summed E-state index contributed by atoms with van der Waals surface area (Å²) in [6, 6.07) is 5.26. The average molecular weight is 218 g/mol. The summed E-state index contributed by atoms with van der Waals surface area (Å²) in [7, 11) is 0. The van der Waals surface area contributed by atoms with Crippen LogP contribution in [0.25, 0.3) is 17.2 Å². The largest absolute Gasteiger partial charge is 0.478 e. The Morgan fingerprint density at radius 3 is 3.06 bits per heavy atom. The highest BCUT2D eigenvalue weighted by atomic mass is 16.4. The molecule has 0 atom stereocenters. The molecule has 0 saturated heterocycles. The first-order valence-corrected chi connectivity index (χ1v) is 4.69. The zero-order valence-corrected chi connectivity index (χ0v) is 8.38. The highest BCUT2D eigenvalue weighted by Gasteiger charge is 2.03. The zero-order valence-electron chi connectivity index (χ0n) is 8.38. The van der Waals surface area contributed by atoms with Gasteiger partial charge < -0.3 is 15.3 Å². The molecule has 2 rings (SSSR count). The number of nitrogens with two attached hydrogens (primary N) is 1. The third kappa shape index (κ3) is 2.09. The zero-order chi connectivity index (χ0) is 11.5. The summed E-state index contributed by atoms with van der Waals surface area (Å²) in [5.74, 6) is -0.519. The highest BCUT2D eigenvalue weighted by Crippen LogP contribution is 2.17. The monoisotopic (exact) mass is 218 g/mol. The third-order valence-corrected chi connectivity index (χ3v) is 2.05. The lowest BCUT2D eigenvalue weighted by Crippen LogP contribution is -1.94. The quantitative estimate of drug-likeness (QED) is 0.759. The maximum Gasteiger partial charge on any atom is 0.328 e. The Morgan fingerprint density at radius 2 is 2.38 bits per heavy atom. The van der Waals surface area contributed by atoms with E-state index in [1.165, 1.54) is 6.08 Å². The van der Waals surface area contributed by atoms with Gasteiger partial charge in [0.25, 0.3) is 0 Å². The van der Waals surface area contributed by atoms with Gasteiger partial charge in [0.1, 0.15) is 5.52 Å². The molecular formula is C11H10N2O3. The maximum atomic E-state index is 10.3. The van der Waals surface area contributed by atoms with Crippen LogP contribution in [0.1, 0.15) is 11.5 Å². The summed E-state index contributed by atoms with van der Waals surface area (Å²) in [5.41, 5.74) is 7.47. The minimum absolute atomic E-state index is 0.245. The van der Waals surface area contributed by atoms with E-state index >= 15 is 0 Å². The van der Waals surface area contributed by atoms with Crippen LogP contribution in [0.2, 0.25) is 0 Å². The van der Waals surface area contributed by atoms with E-state index in [4.69, 9.17) is 15.3 Å². The number of carbonyl (C=O) groups is 1. The molecule has 0 unspecified atom stereocenters. The van der Waals surface area contributed by atoms with Gasteiger partial charge in [-0.25, -0.2) is 9.78 Å². The first-order chi connectivity index (χ1) is 7.69. The predicted molar refractivity (Wildman–Crippen MR) is 58.6 cm³/mol. The van der Waals surface area contributed by atoms with E-state index in [0.717, 1.165) is 11.6 Å². The van der Waals surface area contributed by atoms with E-state index in [2.05, 4.69) is 4.98 Å². The number of carboxylic acid groups (broad SMARTS) is 1. The molecule has 3 N–H and O–H groups in total. The van der Waals surface area contributed by atoms with Gasteiger partial charge in [0, 0.05) is 6.08 Å². The first-order valence-electron chi connectivity index (χ1n) is 4.69. The average Bonchev–Trinajstić information content (AvgIpc) is 2.68. The molecule has 5 heteroatoms. The molecule has 0 aliphatic rings. The normalized spacial score (nSPS) is 11.3. The summed E-state index contributed by atoms with van der Waals surface area (Å²) in [5, 5.41) is 8.49. The molecule has 0 aliphatic carbocycles. The van der Waals surface area contributed by atoms with Gasteiger partial charge >= 0.3 is 5.97 Å². The Labute approximate surface area is 91.2 Å². The Morgan fingerprint density at radius 1 is 1.56 bits per heavy atom. The van der Waals surface area contributed by atoms with Crippen LogP contribution in [0.4, 0.5) is 0 Å². The van der Waals surface area contributed by atoms with Gasteiger partial charge in [-0.2, -0.15) is 0 Å². The highest BCUT2D eigenvalue weighted by molar-refractivity contribution is 5.86. The summed E-state index contributed by atoms with van der Waals surface area (Å²) < 4.78 is 5.35. The number of hydrogen-bond acceptors (Lipinski definition) is 4. The molecule has 0 saturated carbocycles. The number of fused-ring (bicyclic) bond motifs is 1. The van der Waals surface area contributed by atoms with Crippen LogP contribution in [0.15, 0.2) is 28.7 Å². The molecule has 0 spiro atoms. The van der Waals surface area contributed by atoms with E-state index in [0.29, 0.717) is 17.0 Å². The fraction of sp³-hybridized carbons (Fsp3) is 0.0909. The molecule has 5 nitrogen and oxygen atoms in total. The van der Waals surface area contributed by atoms with Crippen molar-refractivity contribution >= 4 is 23.1 Å². The van der Waals surface area contributed by atoms with Gasteiger partial charge in [0.2, 0.25) is 5.89 Å². The summed E-state index contributed by atoms with van der Waals surface area (Å²) >= 11 is 0. The van der Waals surface area contributed by atoms with E-state index in [-0.39, 0.29) is 6.54 Å². The van der Waals surface area contributed by atoms with Crippen molar-refractivity contribution in [3.63, 3.8) is 0 Å². The fourth-order valence-corrected chi connectivity index (χ4v) is 1.35. The molecule has 0 fully saturated rings. The first kappa shape index (κ1) is 10.4. The summed E-state index contributed by atoms with van der Waals surface area (Å²) in [6.07, 6.45) is 2.56. The van der Waals surface area contributed by atoms with Crippen molar-refractivity contribution in [2.75, 3.05) is 0 Å². The minimum atomic E-state index is -0.986. The lowest BCUT2D eigenvalue weighted by molar-refractivity contribution is -0.131. The van der Waals surface area contributed by atoms with Crippen LogP contribution in [-0.4, -0.2) is 16.1 Å². The smallest absolute Gasteiger partial charge is 0.328 e. The Kier molecular flexibility index (Phi) is 2.70. The Hall–Kier alpha value is -2.14. The van der Waals surface area contributed by atoms with Crippen LogP contribution >= 0.6 is 0 Å². The molecule has 0 radical (unpaired) electrons. The van der Waals surface area contributed by atoms with Gasteiger partial charge in [-0.3, -0.25) is 0 Å². The van der Waals surface area contributed by atoms with E-state index in [1.54, 1.807) is 18.2 Å². The minimum Gasteiger partial charge on any atom is -0.478 e. The summed E-state index contributed by atoms with van der Waals surface area (Å²) in [6.45, 7) is 0.245. The van der Waals surface area contributed by atoms with Crippen LogP contribution in [-0.2, 0) is 11.3 Å². The van der Waals surface area contributed by atoms with Gasteiger partial charge in [-0.05, 0) is 23.8 Å². The van der Waals surface area contributed by atoms with Crippen LogP contribution < -0.4 is 5.73 Å². The second kappa shape index (κ2) is 4.16.